The summed E-state index contributed by atoms with van der Waals surface area (Å²) in [6, 6.07) is 5.96. The fraction of sp³-hybridized carbons (Fsp3) is 0.364. The second-order valence-electron chi connectivity index (χ2n) is 3.60. The zero-order valence-corrected chi connectivity index (χ0v) is 8.98. The number of nitrogens with one attached hydrogen (secondary N) is 1. The first-order valence-electron chi connectivity index (χ1n) is 4.97. The van der Waals surface area contributed by atoms with E-state index in [1.54, 1.807) is 12.1 Å². The molecule has 5 heteroatoms. The Hall–Kier alpha value is -1.46. The van der Waals surface area contributed by atoms with Crippen molar-refractivity contribution >= 4 is 5.91 Å². The summed E-state index contributed by atoms with van der Waals surface area (Å²) in [5.74, 6) is -1.10. The molecule has 0 fully saturated rings. The number of primary amides is 1. The van der Waals surface area contributed by atoms with Crippen LogP contribution in [0.1, 0.15) is 18.5 Å². The standard InChI is InChI=1S/C11H15FN2O2/c1-7(14-6-10(15)11(13)16)8-3-2-4-9(12)5-8/h2-5,7,10,14-15H,6H2,1H3,(H2,13,16). The molecule has 0 spiro atoms. The largest absolute Gasteiger partial charge is 0.382 e. The summed E-state index contributed by atoms with van der Waals surface area (Å²) in [6.07, 6.45) is -1.23. The Morgan fingerprint density at radius 2 is 2.31 bits per heavy atom. The van der Waals surface area contributed by atoms with Gasteiger partial charge in [-0.2, -0.15) is 0 Å². The van der Waals surface area contributed by atoms with Gasteiger partial charge in [0.2, 0.25) is 5.91 Å². The van der Waals surface area contributed by atoms with E-state index in [1.807, 2.05) is 6.92 Å². The monoisotopic (exact) mass is 226 g/mol. The van der Waals surface area contributed by atoms with E-state index in [-0.39, 0.29) is 18.4 Å². The molecule has 1 aromatic rings. The van der Waals surface area contributed by atoms with Crippen LogP contribution in [0.2, 0.25) is 0 Å². The van der Waals surface area contributed by atoms with Crippen molar-refractivity contribution in [1.82, 2.24) is 5.32 Å². The molecule has 1 rings (SSSR count). The molecule has 88 valence electrons. The molecule has 0 saturated carbocycles. The predicted molar refractivity (Wildman–Crippen MR) is 58.0 cm³/mol. The van der Waals surface area contributed by atoms with Gasteiger partial charge in [0.05, 0.1) is 0 Å². The number of rotatable bonds is 5. The highest BCUT2D eigenvalue weighted by molar-refractivity contribution is 5.78. The SMILES string of the molecule is CC(NCC(O)C(N)=O)c1cccc(F)c1. The van der Waals surface area contributed by atoms with Crippen LogP contribution < -0.4 is 11.1 Å². The van der Waals surface area contributed by atoms with Crippen LogP contribution in [0.5, 0.6) is 0 Å². The van der Waals surface area contributed by atoms with Crippen LogP contribution in [0.15, 0.2) is 24.3 Å². The molecule has 0 aromatic heterocycles. The first kappa shape index (κ1) is 12.6. The van der Waals surface area contributed by atoms with E-state index in [4.69, 9.17) is 10.8 Å². The smallest absolute Gasteiger partial charge is 0.247 e. The highest BCUT2D eigenvalue weighted by Crippen LogP contribution is 2.12. The van der Waals surface area contributed by atoms with Gasteiger partial charge >= 0.3 is 0 Å². The summed E-state index contributed by atoms with van der Waals surface area (Å²) in [6.45, 7) is 1.86. The van der Waals surface area contributed by atoms with Gasteiger partial charge in [0.25, 0.3) is 0 Å². The average molecular weight is 226 g/mol. The lowest BCUT2D eigenvalue weighted by atomic mass is 10.1. The minimum Gasteiger partial charge on any atom is -0.382 e. The number of hydrogen-bond donors (Lipinski definition) is 3. The fourth-order valence-corrected chi connectivity index (χ4v) is 1.28. The van der Waals surface area contributed by atoms with Crippen molar-refractivity contribution in [3.63, 3.8) is 0 Å². The summed E-state index contributed by atoms with van der Waals surface area (Å²) < 4.78 is 12.9. The first-order chi connectivity index (χ1) is 7.50. The van der Waals surface area contributed by atoms with Gasteiger partial charge in [-0.1, -0.05) is 12.1 Å². The molecule has 0 bridgehead atoms. The van der Waals surface area contributed by atoms with Crippen LogP contribution in [-0.2, 0) is 4.79 Å². The molecule has 0 heterocycles. The van der Waals surface area contributed by atoms with Gasteiger partial charge in [0, 0.05) is 12.6 Å². The summed E-state index contributed by atoms with van der Waals surface area (Å²) in [4.78, 5) is 10.6. The lowest BCUT2D eigenvalue weighted by Gasteiger charge is -2.15. The first-order valence-corrected chi connectivity index (χ1v) is 4.97. The molecule has 0 aliphatic rings. The van der Waals surface area contributed by atoms with Crippen LogP contribution in [0.3, 0.4) is 0 Å². The number of aliphatic hydroxyl groups is 1. The lowest BCUT2D eigenvalue weighted by molar-refractivity contribution is -0.125. The molecule has 16 heavy (non-hydrogen) atoms. The molecule has 0 saturated heterocycles. The van der Waals surface area contributed by atoms with E-state index in [1.165, 1.54) is 12.1 Å². The van der Waals surface area contributed by atoms with Crippen LogP contribution in [-0.4, -0.2) is 23.7 Å². The summed E-state index contributed by atoms with van der Waals surface area (Å²) in [5.41, 5.74) is 5.64. The number of benzene rings is 1. The van der Waals surface area contributed by atoms with E-state index in [0.29, 0.717) is 0 Å². The molecule has 2 unspecified atom stereocenters. The van der Waals surface area contributed by atoms with Crippen molar-refractivity contribution < 1.29 is 14.3 Å². The average Bonchev–Trinajstić information content (AvgIpc) is 2.25. The van der Waals surface area contributed by atoms with Gasteiger partial charge in [-0.25, -0.2) is 4.39 Å². The molecule has 4 N–H and O–H groups in total. The van der Waals surface area contributed by atoms with E-state index >= 15 is 0 Å². The predicted octanol–water partition coefficient (Wildman–Crippen LogP) is 0.323. The van der Waals surface area contributed by atoms with Crippen molar-refractivity contribution in [3.8, 4) is 0 Å². The van der Waals surface area contributed by atoms with Crippen molar-refractivity contribution in [3.05, 3.63) is 35.6 Å². The molecule has 0 aliphatic heterocycles. The normalized spacial score (nSPS) is 14.4. The molecule has 4 nitrogen and oxygen atoms in total. The quantitative estimate of drug-likeness (QED) is 0.677. The molecule has 0 aliphatic carbocycles. The number of halogens is 1. The Morgan fingerprint density at radius 1 is 1.62 bits per heavy atom. The molecule has 0 radical (unpaired) electrons. The summed E-state index contributed by atoms with van der Waals surface area (Å²) >= 11 is 0. The lowest BCUT2D eigenvalue weighted by Crippen LogP contribution is -2.38. The molecule has 1 amide bonds. The van der Waals surface area contributed by atoms with Crippen LogP contribution in [0, 0.1) is 5.82 Å². The van der Waals surface area contributed by atoms with E-state index in [2.05, 4.69) is 5.32 Å². The van der Waals surface area contributed by atoms with Gasteiger partial charge in [0.1, 0.15) is 11.9 Å². The molecular weight excluding hydrogens is 211 g/mol. The number of hydrogen-bond acceptors (Lipinski definition) is 3. The van der Waals surface area contributed by atoms with Gasteiger partial charge in [-0.3, -0.25) is 4.79 Å². The number of amides is 1. The third kappa shape index (κ3) is 3.60. The third-order valence-corrected chi connectivity index (χ3v) is 2.29. The molecular formula is C11H15FN2O2. The van der Waals surface area contributed by atoms with Crippen LogP contribution >= 0.6 is 0 Å². The highest BCUT2D eigenvalue weighted by Gasteiger charge is 2.12. The third-order valence-electron chi connectivity index (χ3n) is 2.29. The van der Waals surface area contributed by atoms with Gasteiger partial charge in [0.15, 0.2) is 0 Å². The maximum atomic E-state index is 12.9. The van der Waals surface area contributed by atoms with Crippen molar-refractivity contribution in [1.29, 1.82) is 0 Å². The zero-order valence-electron chi connectivity index (χ0n) is 8.98. The second-order valence-corrected chi connectivity index (χ2v) is 3.60. The Morgan fingerprint density at radius 3 is 2.88 bits per heavy atom. The van der Waals surface area contributed by atoms with E-state index in [9.17, 15) is 9.18 Å². The number of nitrogens with two attached hydrogens (primary N) is 1. The molecule has 2 atom stereocenters. The number of aliphatic hydroxyl groups excluding tert-OH is 1. The maximum absolute atomic E-state index is 12.9. The van der Waals surface area contributed by atoms with E-state index < -0.39 is 12.0 Å². The van der Waals surface area contributed by atoms with Crippen LogP contribution in [0.25, 0.3) is 0 Å². The van der Waals surface area contributed by atoms with Gasteiger partial charge in [-0.15, -0.1) is 0 Å². The zero-order chi connectivity index (χ0) is 12.1. The van der Waals surface area contributed by atoms with Crippen molar-refractivity contribution in [2.24, 2.45) is 5.73 Å². The highest BCUT2D eigenvalue weighted by atomic mass is 19.1. The topological polar surface area (TPSA) is 75.3 Å². The minimum atomic E-state index is -1.23. The van der Waals surface area contributed by atoms with Gasteiger partial charge in [-0.05, 0) is 24.6 Å². The Kier molecular flexibility index (Phi) is 4.39. The fourth-order valence-electron chi connectivity index (χ4n) is 1.28. The maximum Gasteiger partial charge on any atom is 0.247 e. The second kappa shape index (κ2) is 5.58. The van der Waals surface area contributed by atoms with Crippen LogP contribution in [0.4, 0.5) is 4.39 Å². The number of carbonyl (C=O) groups excluding carboxylic acids is 1. The van der Waals surface area contributed by atoms with Gasteiger partial charge < -0.3 is 16.2 Å². The van der Waals surface area contributed by atoms with E-state index in [0.717, 1.165) is 5.56 Å². The summed E-state index contributed by atoms with van der Waals surface area (Å²) in [7, 11) is 0. The molecule has 1 aromatic carbocycles. The number of carbonyl (C=O) groups is 1. The Balaban J connectivity index is 2.52. The Bertz CT molecular complexity index is 371. The van der Waals surface area contributed by atoms with Crippen molar-refractivity contribution in [2.45, 2.75) is 19.1 Å². The Labute approximate surface area is 93.3 Å². The summed E-state index contributed by atoms with van der Waals surface area (Å²) in [5, 5.41) is 12.1. The minimum absolute atomic E-state index is 0.0486. The van der Waals surface area contributed by atoms with Crippen molar-refractivity contribution in [2.75, 3.05) is 6.54 Å².